The summed E-state index contributed by atoms with van der Waals surface area (Å²) < 4.78 is 5.35. The Bertz CT molecular complexity index is 1400. The SMILES string of the molecule is CC(C)(C)C(NC(=O)OCC1=CSCN1)C(=O)NN(Cc1ccc(-c2ccccn2)cc1)CC(O)C(Cc1ccccc1)NO. The second kappa shape index (κ2) is 16.4. The van der Waals surface area contributed by atoms with Crippen molar-refractivity contribution < 1.29 is 24.6 Å². The fourth-order valence-electron chi connectivity index (χ4n) is 4.78. The molecule has 0 saturated heterocycles. The highest BCUT2D eigenvalue weighted by Crippen LogP contribution is 2.21. The third kappa shape index (κ3) is 10.6. The highest BCUT2D eigenvalue weighted by molar-refractivity contribution is 8.02. The van der Waals surface area contributed by atoms with Gasteiger partial charge in [-0.25, -0.2) is 9.80 Å². The lowest BCUT2D eigenvalue weighted by molar-refractivity contribution is -0.131. The van der Waals surface area contributed by atoms with Crippen LogP contribution < -0.4 is 21.5 Å². The van der Waals surface area contributed by atoms with Crippen LogP contribution in [-0.4, -0.2) is 69.5 Å². The first kappa shape index (κ1) is 33.9. The number of nitrogens with one attached hydrogen (secondary N) is 4. The lowest BCUT2D eigenvalue weighted by Crippen LogP contribution is -2.59. The first-order valence-corrected chi connectivity index (χ1v) is 15.8. The quantitative estimate of drug-likeness (QED) is 0.145. The van der Waals surface area contributed by atoms with Gasteiger partial charge in [0.25, 0.3) is 5.91 Å². The van der Waals surface area contributed by atoms with Crippen molar-refractivity contribution in [2.45, 2.75) is 51.9 Å². The van der Waals surface area contributed by atoms with Crippen molar-refractivity contribution in [1.29, 1.82) is 0 Å². The number of alkyl carbamates (subject to hydrolysis) is 1. The average Bonchev–Trinajstić information content (AvgIpc) is 3.56. The minimum absolute atomic E-state index is 0.0163. The fourth-order valence-corrected chi connectivity index (χ4v) is 5.48. The number of nitrogens with zero attached hydrogens (tertiary/aromatic N) is 2. The van der Waals surface area contributed by atoms with E-state index in [1.807, 2.05) is 99.0 Å². The second-order valence-electron chi connectivity index (χ2n) is 11.9. The van der Waals surface area contributed by atoms with Crippen molar-refractivity contribution in [3.63, 3.8) is 0 Å². The van der Waals surface area contributed by atoms with Crippen LogP contribution in [0.3, 0.4) is 0 Å². The number of aromatic nitrogens is 1. The van der Waals surface area contributed by atoms with Gasteiger partial charge < -0.3 is 25.7 Å². The zero-order chi connectivity index (χ0) is 32.2. The molecule has 3 unspecified atom stereocenters. The minimum Gasteiger partial charge on any atom is -0.443 e. The van der Waals surface area contributed by atoms with Crippen LogP contribution >= 0.6 is 11.8 Å². The van der Waals surface area contributed by atoms with Gasteiger partial charge in [-0.2, -0.15) is 5.48 Å². The standard InChI is InChI=1S/C33H42N6O5S/c1-33(2,3)30(36-32(42)44-20-26-21-45-22-35-26)31(41)37-39(19-29(40)28(38-43)17-23-9-5-4-6-10-23)18-24-12-14-25(15-13-24)27-11-7-8-16-34-27/h4-16,21,28-30,35,38,40,43H,17-20,22H2,1-3H3,(H,36,42)(H,37,41). The molecule has 3 atom stereocenters. The molecular weight excluding hydrogens is 592 g/mol. The number of amides is 2. The number of aliphatic hydroxyl groups excluding tert-OH is 1. The maximum Gasteiger partial charge on any atom is 0.408 e. The second-order valence-corrected chi connectivity index (χ2v) is 12.8. The summed E-state index contributed by atoms with van der Waals surface area (Å²) >= 11 is 1.57. The van der Waals surface area contributed by atoms with Gasteiger partial charge in [0.05, 0.1) is 29.4 Å². The molecule has 2 heterocycles. The molecule has 2 aromatic carbocycles. The summed E-state index contributed by atoms with van der Waals surface area (Å²) in [6, 6.07) is 21.3. The third-order valence-corrected chi connectivity index (χ3v) is 8.01. The van der Waals surface area contributed by atoms with E-state index in [2.05, 4.69) is 26.5 Å². The van der Waals surface area contributed by atoms with E-state index in [1.54, 1.807) is 23.0 Å². The number of benzene rings is 2. The molecule has 0 saturated carbocycles. The third-order valence-electron chi connectivity index (χ3n) is 7.25. The van der Waals surface area contributed by atoms with Gasteiger partial charge in [0.1, 0.15) is 12.6 Å². The molecule has 0 bridgehead atoms. The number of hydrazine groups is 1. The van der Waals surface area contributed by atoms with Crippen LogP contribution in [0.25, 0.3) is 11.3 Å². The predicted molar refractivity (Wildman–Crippen MR) is 174 cm³/mol. The number of hydroxylamine groups is 1. The van der Waals surface area contributed by atoms with Crippen molar-refractivity contribution in [3.05, 3.63) is 101 Å². The number of carbonyl (C=O) groups is 2. The molecule has 2 amide bonds. The number of ether oxygens (including phenoxy) is 1. The first-order chi connectivity index (χ1) is 21.6. The Morgan fingerprint density at radius 3 is 2.40 bits per heavy atom. The molecule has 1 aromatic heterocycles. The van der Waals surface area contributed by atoms with Crippen molar-refractivity contribution >= 4 is 23.8 Å². The van der Waals surface area contributed by atoms with Gasteiger partial charge in [0.2, 0.25) is 0 Å². The molecule has 0 spiro atoms. The molecule has 0 fully saturated rings. The van der Waals surface area contributed by atoms with E-state index in [9.17, 15) is 19.9 Å². The van der Waals surface area contributed by atoms with Crippen LogP contribution in [0.15, 0.2) is 90.1 Å². The maximum absolute atomic E-state index is 13.7. The zero-order valence-corrected chi connectivity index (χ0v) is 26.6. The Labute approximate surface area is 268 Å². The predicted octanol–water partition coefficient (Wildman–Crippen LogP) is 3.81. The molecule has 1 aliphatic heterocycles. The smallest absolute Gasteiger partial charge is 0.408 e. The number of aliphatic hydroxyl groups is 1. The van der Waals surface area contributed by atoms with Crippen molar-refractivity contribution in [3.8, 4) is 11.3 Å². The Morgan fingerprint density at radius 2 is 1.78 bits per heavy atom. The van der Waals surface area contributed by atoms with Crippen LogP contribution in [0.2, 0.25) is 0 Å². The number of hydrogen-bond donors (Lipinski definition) is 6. The molecule has 0 aliphatic carbocycles. The molecule has 11 nitrogen and oxygen atoms in total. The van der Waals surface area contributed by atoms with Gasteiger partial charge in [0, 0.05) is 24.8 Å². The largest absolute Gasteiger partial charge is 0.443 e. The molecule has 0 radical (unpaired) electrons. The summed E-state index contributed by atoms with van der Waals surface area (Å²) in [7, 11) is 0. The maximum atomic E-state index is 13.7. The number of rotatable bonds is 14. The fraction of sp³-hybridized carbons (Fsp3) is 0.364. The summed E-state index contributed by atoms with van der Waals surface area (Å²) in [5.41, 5.74) is 8.85. The van der Waals surface area contributed by atoms with Gasteiger partial charge >= 0.3 is 6.09 Å². The van der Waals surface area contributed by atoms with E-state index in [0.29, 0.717) is 6.42 Å². The Balaban J connectivity index is 1.49. The highest BCUT2D eigenvalue weighted by atomic mass is 32.2. The summed E-state index contributed by atoms with van der Waals surface area (Å²) in [6.07, 6.45) is 0.314. The molecular formula is C33H42N6O5S. The molecule has 3 aromatic rings. The van der Waals surface area contributed by atoms with Gasteiger partial charge in [0.15, 0.2) is 0 Å². The number of pyridine rings is 1. The van der Waals surface area contributed by atoms with E-state index in [4.69, 9.17) is 4.74 Å². The molecule has 1 aliphatic rings. The topological polar surface area (TPSA) is 148 Å². The van der Waals surface area contributed by atoms with Crippen LogP contribution in [0, 0.1) is 5.41 Å². The molecule has 6 N–H and O–H groups in total. The number of thioether (sulfide) groups is 1. The Kier molecular flexibility index (Phi) is 12.4. The first-order valence-electron chi connectivity index (χ1n) is 14.8. The number of carbonyl (C=O) groups excluding carboxylic acids is 2. The van der Waals surface area contributed by atoms with Crippen LogP contribution in [-0.2, 0) is 22.5 Å². The molecule has 45 heavy (non-hydrogen) atoms. The Morgan fingerprint density at radius 1 is 1.04 bits per heavy atom. The van der Waals surface area contributed by atoms with E-state index < -0.39 is 35.6 Å². The van der Waals surface area contributed by atoms with Crippen LogP contribution in [0.5, 0.6) is 0 Å². The van der Waals surface area contributed by atoms with E-state index in [0.717, 1.165) is 34.0 Å². The van der Waals surface area contributed by atoms with E-state index >= 15 is 0 Å². The summed E-state index contributed by atoms with van der Waals surface area (Å²) in [6.45, 7) is 5.83. The minimum atomic E-state index is -1.07. The van der Waals surface area contributed by atoms with Gasteiger partial charge in [-0.1, -0.05) is 81.4 Å². The van der Waals surface area contributed by atoms with Crippen molar-refractivity contribution in [2.24, 2.45) is 5.41 Å². The van der Waals surface area contributed by atoms with Crippen molar-refractivity contribution in [1.82, 2.24) is 31.5 Å². The van der Waals surface area contributed by atoms with Crippen LogP contribution in [0.1, 0.15) is 31.9 Å². The number of hydrogen-bond acceptors (Lipinski definition) is 10. The normalized spacial score (nSPS) is 15.0. The summed E-state index contributed by atoms with van der Waals surface area (Å²) in [5, 5.41) is 30.4. The van der Waals surface area contributed by atoms with Crippen molar-refractivity contribution in [2.75, 3.05) is 19.0 Å². The lowest BCUT2D eigenvalue weighted by Gasteiger charge is -2.34. The van der Waals surface area contributed by atoms with Gasteiger partial charge in [-0.15, -0.1) is 11.8 Å². The Hall–Kier alpha value is -3.94. The van der Waals surface area contributed by atoms with Gasteiger partial charge in [-0.3, -0.25) is 15.2 Å². The molecule has 4 rings (SSSR count). The monoisotopic (exact) mass is 634 g/mol. The zero-order valence-electron chi connectivity index (χ0n) is 25.8. The van der Waals surface area contributed by atoms with Crippen LogP contribution in [0.4, 0.5) is 4.79 Å². The van der Waals surface area contributed by atoms with Gasteiger partial charge in [-0.05, 0) is 40.5 Å². The summed E-state index contributed by atoms with van der Waals surface area (Å²) in [5.74, 6) is 0.251. The average molecular weight is 635 g/mol. The van der Waals surface area contributed by atoms with E-state index in [1.165, 1.54) is 0 Å². The van der Waals surface area contributed by atoms with E-state index in [-0.39, 0.29) is 19.7 Å². The molecule has 12 heteroatoms. The summed E-state index contributed by atoms with van der Waals surface area (Å²) in [4.78, 5) is 30.8. The lowest BCUT2D eigenvalue weighted by atomic mass is 9.86. The highest BCUT2D eigenvalue weighted by Gasteiger charge is 2.35. The molecule has 240 valence electrons.